The molecule has 17 heavy (non-hydrogen) atoms. The number of aromatic nitrogens is 1. The fourth-order valence-corrected chi connectivity index (χ4v) is 2.15. The molecule has 1 heterocycles. The van der Waals surface area contributed by atoms with Crippen LogP contribution in [0.1, 0.15) is 11.1 Å². The van der Waals surface area contributed by atoms with E-state index in [0.717, 1.165) is 16.7 Å². The maximum Gasteiger partial charge on any atom is 0.149 e. The van der Waals surface area contributed by atoms with E-state index in [9.17, 15) is 0 Å². The minimum Gasteiger partial charge on any atom is -0.223 e. The summed E-state index contributed by atoms with van der Waals surface area (Å²) in [5.74, 6) is 0. The lowest BCUT2D eigenvalue weighted by atomic mass is 9.98. The molecule has 0 bridgehead atoms. The van der Waals surface area contributed by atoms with Crippen LogP contribution in [0.2, 0.25) is 10.3 Å². The van der Waals surface area contributed by atoms with Gasteiger partial charge in [-0.05, 0) is 24.1 Å². The minimum atomic E-state index is 0.137. The molecular formula is C13H8Cl2N2. The van der Waals surface area contributed by atoms with Gasteiger partial charge in [-0.2, -0.15) is 5.26 Å². The monoisotopic (exact) mass is 262 g/mol. The Kier molecular flexibility index (Phi) is 3.33. The van der Waals surface area contributed by atoms with Crippen LogP contribution in [0, 0.1) is 18.3 Å². The van der Waals surface area contributed by atoms with Crippen LogP contribution >= 0.6 is 23.2 Å². The Morgan fingerprint density at radius 2 is 1.88 bits per heavy atom. The Bertz CT molecular complexity index is 615. The molecule has 2 rings (SSSR count). The van der Waals surface area contributed by atoms with E-state index in [-0.39, 0.29) is 10.3 Å². The van der Waals surface area contributed by atoms with Crippen LogP contribution in [0.25, 0.3) is 11.1 Å². The lowest BCUT2D eigenvalue weighted by molar-refractivity contribution is 1.29. The first-order valence-electron chi connectivity index (χ1n) is 4.95. The zero-order valence-electron chi connectivity index (χ0n) is 9.04. The fourth-order valence-electron chi connectivity index (χ4n) is 1.68. The van der Waals surface area contributed by atoms with Crippen molar-refractivity contribution in [3.8, 4) is 17.2 Å². The number of hydrogen-bond donors (Lipinski definition) is 0. The van der Waals surface area contributed by atoms with Crippen LogP contribution in [0.5, 0.6) is 0 Å². The molecular weight excluding hydrogens is 255 g/mol. The van der Waals surface area contributed by atoms with E-state index in [1.165, 1.54) is 0 Å². The SMILES string of the molecule is Cc1ccccc1-c1cc(Cl)nc(Cl)c1C#N. The van der Waals surface area contributed by atoms with Crippen molar-refractivity contribution in [2.75, 3.05) is 0 Å². The molecule has 0 radical (unpaired) electrons. The lowest BCUT2D eigenvalue weighted by Gasteiger charge is -2.08. The smallest absolute Gasteiger partial charge is 0.149 e. The van der Waals surface area contributed by atoms with Crippen molar-refractivity contribution in [3.05, 3.63) is 51.8 Å². The molecule has 0 unspecified atom stereocenters. The van der Waals surface area contributed by atoms with Gasteiger partial charge in [-0.3, -0.25) is 0 Å². The molecule has 0 spiro atoms. The Labute approximate surface area is 109 Å². The van der Waals surface area contributed by atoms with Crippen LogP contribution in [-0.2, 0) is 0 Å². The van der Waals surface area contributed by atoms with E-state index >= 15 is 0 Å². The summed E-state index contributed by atoms with van der Waals surface area (Å²) in [5, 5.41) is 9.55. The third-order valence-electron chi connectivity index (χ3n) is 2.49. The predicted molar refractivity (Wildman–Crippen MR) is 69.1 cm³/mol. The van der Waals surface area contributed by atoms with Crippen molar-refractivity contribution in [2.24, 2.45) is 0 Å². The molecule has 4 heteroatoms. The number of benzene rings is 1. The quantitative estimate of drug-likeness (QED) is 0.721. The summed E-state index contributed by atoms with van der Waals surface area (Å²) in [6.45, 7) is 1.97. The first-order valence-corrected chi connectivity index (χ1v) is 5.71. The molecule has 0 N–H and O–H groups in total. The highest BCUT2D eigenvalue weighted by Crippen LogP contribution is 2.31. The van der Waals surface area contributed by atoms with E-state index < -0.39 is 0 Å². The fraction of sp³-hybridized carbons (Fsp3) is 0.0769. The molecule has 0 amide bonds. The summed E-state index contributed by atoms with van der Waals surface area (Å²) < 4.78 is 0. The molecule has 0 saturated heterocycles. The van der Waals surface area contributed by atoms with Gasteiger partial charge in [-0.15, -0.1) is 0 Å². The standard InChI is InChI=1S/C13H8Cl2N2/c1-8-4-2-3-5-9(8)10-6-12(14)17-13(15)11(10)7-16/h2-6H,1H3. The van der Waals surface area contributed by atoms with E-state index in [1.807, 2.05) is 31.2 Å². The van der Waals surface area contributed by atoms with E-state index in [2.05, 4.69) is 11.1 Å². The zero-order chi connectivity index (χ0) is 12.4. The van der Waals surface area contributed by atoms with Crippen molar-refractivity contribution >= 4 is 23.2 Å². The molecule has 1 aromatic carbocycles. The molecule has 0 fully saturated rings. The topological polar surface area (TPSA) is 36.7 Å². The van der Waals surface area contributed by atoms with Gasteiger partial charge in [-0.25, -0.2) is 4.98 Å². The third-order valence-corrected chi connectivity index (χ3v) is 2.96. The predicted octanol–water partition coefficient (Wildman–Crippen LogP) is 4.24. The summed E-state index contributed by atoms with van der Waals surface area (Å²) in [6, 6.07) is 11.5. The molecule has 0 aliphatic rings. The number of aryl methyl sites for hydroxylation is 1. The van der Waals surface area contributed by atoms with Gasteiger partial charge < -0.3 is 0 Å². The number of rotatable bonds is 1. The highest BCUT2D eigenvalue weighted by atomic mass is 35.5. The van der Waals surface area contributed by atoms with E-state index in [4.69, 9.17) is 28.5 Å². The second-order valence-corrected chi connectivity index (χ2v) is 4.33. The highest BCUT2D eigenvalue weighted by molar-refractivity contribution is 6.33. The maximum atomic E-state index is 9.12. The molecule has 0 atom stereocenters. The molecule has 2 aromatic rings. The normalized spacial score (nSPS) is 10.0. The minimum absolute atomic E-state index is 0.137. The van der Waals surface area contributed by atoms with Crippen molar-refractivity contribution in [1.29, 1.82) is 5.26 Å². The lowest BCUT2D eigenvalue weighted by Crippen LogP contribution is -1.91. The van der Waals surface area contributed by atoms with Gasteiger partial charge in [0.1, 0.15) is 16.4 Å². The molecule has 2 nitrogen and oxygen atoms in total. The number of halogens is 2. The largest absolute Gasteiger partial charge is 0.223 e. The molecule has 1 aromatic heterocycles. The highest BCUT2D eigenvalue weighted by Gasteiger charge is 2.13. The first-order chi connectivity index (χ1) is 8.13. The van der Waals surface area contributed by atoms with Crippen LogP contribution < -0.4 is 0 Å². The van der Waals surface area contributed by atoms with Crippen molar-refractivity contribution in [1.82, 2.24) is 4.98 Å². The van der Waals surface area contributed by atoms with Crippen molar-refractivity contribution < 1.29 is 0 Å². The van der Waals surface area contributed by atoms with Gasteiger partial charge in [0.25, 0.3) is 0 Å². The number of nitrogens with zero attached hydrogens (tertiary/aromatic N) is 2. The van der Waals surface area contributed by atoms with E-state index in [0.29, 0.717) is 5.56 Å². The Morgan fingerprint density at radius 3 is 2.53 bits per heavy atom. The van der Waals surface area contributed by atoms with Gasteiger partial charge in [0.15, 0.2) is 0 Å². The average molecular weight is 263 g/mol. The van der Waals surface area contributed by atoms with Crippen molar-refractivity contribution in [2.45, 2.75) is 6.92 Å². The summed E-state index contributed by atoms with van der Waals surface area (Å²) >= 11 is 11.8. The van der Waals surface area contributed by atoms with Crippen LogP contribution in [0.15, 0.2) is 30.3 Å². The van der Waals surface area contributed by atoms with Crippen molar-refractivity contribution in [3.63, 3.8) is 0 Å². The number of hydrogen-bond acceptors (Lipinski definition) is 2. The Balaban J connectivity index is 2.76. The molecule has 0 saturated carbocycles. The number of pyridine rings is 1. The maximum absolute atomic E-state index is 9.12. The Morgan fingerprint density at radius 1 is 1.18 bits per heavy atom. The third kappa shape index (κ3) is 2.26. The van der Waals surface area contributed by atoms with Crippen LogP contribution in [0.4, 0.5) is 0 Å². The molecule has 0 aliphatic heterocycles. The van der Waals surface area contributed by atoms with Gasteiger partial charge >= 0.3 is 0 Å². The second-order valence-electron chi connectivity index (χ2n) is 3.59. The molecule has 84 valence electrons. The second kappa shape index (κ2) is 4.75. The van der Waals surface area contributed by atoms with Crippen LogP contribution in [0.3, 0.4) is 0 Å². The van der Waals surface area contributed by atoms with Gasteiger partial charge in [0.2, 0.25) is 0 Å². The van der Waals surface area contributed by atoms with Gasteiger partial charge in [-0.1, -0.05) is 47.5 Å². The van der Waals surface area contributed by atoms with Crippen LogP contribution in [-0.4, -0.2) is 4.98 Å². The zero-order valence-corrected chi connectivity index (χ0v) is 10.5. The summed E-state index contributed by atoms with van der Waals surface area (Å²) in [5.41, 5.74) is 3.07. The van der Waals surface area contributed by atoms with E-state index in [1.54, 1.807) is 6.07 Å². The number of nitriles is 1. The average Bonchev–Trinajstić information content (AvgIpc) is 2.28. The van der Waals surface area contributed by atoms with Gasteiger partial charge in [0, 0.05) is 5.56 Å². The summed E-state index contributed by atoms with van der Waals surface area (Å²) in [6.07, 6.45) is 0. The first kappa shape index (κ1) is 11.9. The Hall–Kier alpha value is -1.56. The summed E-state index contributed by atoms with van der Waals surface area (Å²) in [4.78, 5) is 3.87. The summed E-state index contributed by atoms with van der Waals surface area (Å²) in [7, 11) is 0. The molecule has 0 aliphatic carbocycles. The van der Waals surface area contributed by atoms with Gasteiger partial charge in [0.05, 0.1) is 5.56 Å².